The zero-order valence-electron chi connectivity index (χ0n) is 9.75. The molecule has 4 nitrogen and oxygen atoms in total. The van der Waals surface area contributed by atoms with Crippen LogP contribution in [0.4, 0.5) is 0 Å². The lowest BCUT2D eigenvalue weighted by molar-refractivity contribution is -0.144. The fraction of sp³-hybridized carbons (Fsp3) is 0.818. The fourth-order valence-electron chi connectivity index (χ4n) is 0.919. The number of carbonyl (C=O) groups is 2. The maximum Gasteiger partial charge on any atom is 0.305 e. The minimum Gasteiger partial charge on any atom is -0.466 e. The molecule has 0 aliphatic rings. The molecular formula is C11H20O4. The van der Waals surface area contributed by atoms with Gasteiger partial charge in [0.1, 0.15) is 0 Å². The van der Waals surface area contributed by atoms with Crippen LogP contribution < -0.4 is 0 Å². The molecule has 0 aliphatic heterocycles. The SMILES string of the molecule is CC(=O)OCCCCC(=O)OCC(C)C. The number of ether oxygens (including phenoxy) is 2. The Hall–Kier alpha value is -1.06. The van der Waals surface area contributed by atoms with E-state index in [4.69, 9.17) is 9.47 Å². The molecule has 0 amide bonds. The third-order valence-electron chi connectivity index (χ3n) is 1.66. The van der Waals surface area contributed by atoms with Gasteiger partial charge in [0.2, 0.25) is 0 Å². The average molecular weight is 216 g/mol. The molecule has 0 unspecified atom stereocenters. The molecule has 4 heteroatoms. The van der Waals surface area contributed by atoms with E-state index in [-0.39, 0.29) is 11.9 Å². The van der Waals surface area contributed by atoms with E-state index in [0.717, 1.165) is 0 Å². The van der Waals surface area contributed by atoms with Gasteiger partial charge in [-0.15, -0.1) is 0 Å². The summed E-state index contributed by atoms with van der Waals surface area (Å²) in [5.41, 5.74) is 0. The van der Waals surface area contributed by atoms with Crippen molar-refractivity contribution in [1.29, 1.82) is 0 Å². The summed E-state index contributed by atoms with van der Waals surface area (Å²) < 4.78 is 9.72. The lowest BCUT2D eigenvalue weighted by Crippen LogP contribution is -2.10. The normalized spacial score (nSPS) is 10.1. The Morgan fingerprint density at radius 2 is 1.80 bits per heavy atom. The van der Waals surface area contributed by atoms with E-state index >= 15 is 0 Å². The van der Waals surface area contributed by atoms with Gasteiger partial charge in [-0.25, -0.2) is 0 Å². The Kier molecular flexibility index (Phi) is 7.68. The maximum atomic E-state index is 11.1. The summed E-state index contributed by atoms with van der Waals surface area (Å²) in [5, 5.41) is 0. The summed E-state index contributed by atoms with van der Waals surface area (Å²) >= 11 is 0. The summed E-state index contributed by atoms with van der Waals surface area (Å²) in [6.45, 7) is 6.22. The van der Waals surface area contributed by atoms with Crippen molar-refractivity contribution in [2.75, 3.05) is 13.2 Å². The molecule has 0 aromatic rings. The third kappa shape index (κ3) is 10.9. The lowest BCUT2D eigenvalue weighted by atomic mass is 10.2. The summed E-state index contributed by atoms with van der Waals surface area (Å²) in [6.07, 6.45) is 1.80. The van der Waals surface area contributed by atoms with Crippen molar-refractivity contribution in [2.24, 2.45) is 5.92 Å². The van der Waals surface area contributed by atoms with Crippen molar-refractivity contribution < 1.29 is 19.1 Å². The van der Waals surface area contributed by atoms with Crippen LogP contribution in [-0.2, 0) is 19.1 Å². The minimum atomic E-state index is -0.280. The quantitative estimate of drug-likeness (QED) is 0.482. The summed E-state index contributed by atoms with van der Waals surface area (Å²) in [5.74, 6) is -0.0843. The van der Waals surface area contributed by atoms with Crippen molar-refractivity contribution in [3.8, 4) is 0 Å². The van der Waals surface area contributed by atoms with Gasteiger partial charge in [0.05, 0.1) is 13.2 Å². The van der Waals surface area contributed by atoms with E-state index in [2.05, 4.69) is 0 Å². The third-order valence-corrected chi connectivity index (χ3v) is 1.66. The molecule has 0 saturated carbocycles. The van der Waals surface area contributed by atoms with E-state index in [0.29, 0.717) is 38.4 Å². The number of esters is 2. The van der Waals surface area contributed by atoms with Gasteiger partial charge in [-0.2, -0.15) is 0 Å². The van der Waals surface area contributed by atoms with Gasteiger partial charge in [0.15, 0.2) is 0 Å². The molecule has 0 heterocycles. The second kappa shape index (κ2) is 8.26. The Morgan fingerprint density at radius 3 is 2.33 bits per heavy atom. The molecule has 0 spiro atoms. The second-order valence-corrected chi connectivity index (χ2v) is 3.87. The number of hydrogen-bond acceptors (Lipinski definition) is 4. The maximum absolute atomic E-state index is 11.1. The lowest BCUT2D eigenvalue weighted by Gasteiger charge is -2.06. The Morgan fingerprint density at radius 1 is 1.13 bits per heavy atom. The van der Waals surface area contributed by atoms with E-state index in [9.17, 15) is 9.59 Å². The van der Waals surface area contributed by atoms with Crippen LogP contribution in [0.1, 0.15) is 40.0 Å². The van der Waals surface area contributed by atoms with Crippen LogP contribution in [0.25, 0.3) is 0 Å². The van der Waals surface area contributed by atoms with Crippen LogP contribution in [0.3, 0.4) is 0 Å². The number of carbonyl (C=O) groups excluding carboxylic acids is 2. The highest BCUT2D eigenvalue weighted by atomic mass is 16.5. The molecule has 15 heavy (non-hydrogen) atoms. The van der Waals surface area contributed by atoms with Gasteiger partial charge in [0, 0.05) is 13.3 Å². The van der Waals surface area contributed by atoms with Crippen LogP contribution in [0, 0.1) is 5.92 Å². The molecule has 0 radical (unpaired) electrons. The van der Waals surface area contributed by atoms with Crippen LogP contribution >= 0.6 is 0 Å². The smallest absolute Gasteiger partial charge is 0.305 e. The van der Waals surface area contributed by atoms with Crippen molar-refractivity contribution in [1.82, 2.24) is 0 Å². The van der Waals surface area contributed by atoms with Gasteiger partial charge >= 0.3 is 11.9 Å². The van der Waals surface area contributed by atoms with Crippen molar-refractivity contribution in [3.05, 3.63) is 0 Å². The highest BCUT2D eigenvalue weighted by Crippen LogP contribution is 2.00. The predicted octanol–water partition coefficient (Wildman–Crippen LogP) is 1.92. The largest absolute Gasteiger partial charge is 0.466 e. The first-order valence-electron chi connectivity index (χ1n) is 5.31. The summed E-state index contributed by atoms with van der Waals surface area (Å²) in [4.78, 5) is 21.5. The average Bonchev–Trinajstić information content (AvgIpc) is 2.13. The standard InChI is InChI=1S/C11H20O4/c1-9(2)8-15-11(13)6-4-5-7-14-10(3)12/h9H,4-8H2,1-3H3. The molecule has 0 N–H and O–H groups in total. The first-order valence-corrected chi connectivity index (χ1v) is 5.31. The van der Waals surface area contributed by atoms with E-state index in [1.165, 1.54) is 6.92 Å². The van der Waals surface area contributed by atoms with Crippen molar-refractivity contribution in [2.45, 2.75) is 40.0 Å². The molecule has 0 aromatic heterocycles. The van der Waals surface area contributed by atoms with Crippen LogP contribution in [0.5, 0.6) is 0 Å². The highest BCUT2D eigenvalue weighted by Gasteiger charge is 2.04. The molecule has 0 saturated heterocycles. The topological polar surface area (TPSA) is 52.6 Å². The van der Waals surface area contributed by atoms with Gasteiger partial charge in [-0.1, -0.05) is 13.8 Å². The molecule has 0 aliphatic carbocycles. The van der Waals surface area contributed by atoms with Gasteiger partial charge in [0.25, 0.3) is 0 Å². The van der Waals surface area contributed by atoms with Gasteiger partial charge in [-0.05, 0) is 18.8 Å². The molecule has 88 valence electrons. The van der Waals surface area contributed by atoms with Crippen LogP contribution in [0.15, 0.2) is 0 Å². The van der Waals surface area contributed by atoms with Crippen molar-refractivity contribution >= 4 is 11.9 Å². The molecule has 0 atom stereocenters. The first kappa shape index (κ1) is 13.9. The zero-order valence-corrected chi connectivity index (χ0v) is 9.75. The van der Waals surface area contributed by atoms with Crippen LogP contribution in [0.2, 0.25) is 0 Å². The van der Waals surface area contributed by atoms with Crippen LogP contribution in [-0.4, -0.2) is 25.2 Å². The fourth-order valence-corrected chi connectivity index (χ4v) is 0.919. The number of rotatable bonds is 7. The minimum absolute atomic E-state index is 0.175. The molecule has 0 rings (SSSR count). The monoisotopic (exact) mass is 216 g/mol. The highest BCUT2D eigenvalue weighted by molar-refractivity contribution is 5.69. The van der Waals surface area contributed by atoms with Crippen molar-refractivity contribution in [3.63, 3.8) is 0 Å². The van der Waals surface area contributed by atoms with E-state index in [1.54, 1.807) is 0 Å². The molecule has 0 bridgehead atoms. The van der Waals surface area contributed by atoms with Gasteiger partial charge in [-0.3, -0.25) is 9.59 Å². The number of unbranched alkanes of at least 4 members (excludes halogenated alkanes) is 1. The van der Waals surface area contributed by atoms with E-state index < -0.39 is 0 Å². The summed E-state index contributed by atoms with van der Waals surface area (Å²) in [7, 11) is 0. The van der Waals surface area contributed by atoms with Gasteiger partial charge < -0.3 is 9.47 Å². The molecule has 0 fully saturated rings. The predicted molar refractivity (Wildman–Crippen MR) is 56.3 cm³/mol. The zero-order chi connectivity index (χ0) is 11.7. The molecule has 0 aromatic carbocycles. The number of hydrogen-bond donors (Lipinski definition) is 0. The van der Waals surface area contributed by atoms with E-state index in [1.807, 2.05) is 13.8 Å². The Bertz CT molecular complexity index is 199. The first-order chi connectivity index (χ1) is 7.02. The Labute approximate surface area is 90.9 Å². The summed E-state index contributed by atoms with van der Waals surface area (Å²) in [6, 6.07) is 0. The Balaban J connectivity index is 3.28. The molecular weight excluding hydrogens is 196 g/mol. The second-order valence-electron chi connectivity index (χ2n) is 3.87.